The summed E-state index contributed by atoms with van der Waals surface area (Å²) in [5.74, 6) is 0. The second-order valence-corrected chi connectivity index (χ2v) is 6.43. The van der Waals surface area contributed by atoms with Crippen LogP contribution in [-0.2, 0) is 16.5 Å². The maximum atomic E-state index is 4.35. The van der Waals surface area contributed by atoms with Gasteiger partial charge in [0.25, 0.3) is 0 Å². The van der Waals surface area contributed by atoms with Gasteiger partial charge in [0.2, 0.25) is 0 Å². The summed E-state index contributed by atoms with van der Waals surface area (Å²) in [4.78, 5) is 17.4. The van der Waals surface area contributed by atoms with E-state index in [1.54, 1.807) is 24.8 Å². The third-order valence-electron chi connectivity index (χ3n) is 4.69. The summed E-state index contributed by atoms with van der Waals surface area (Å²) in [6.45, 7) is 0. The number of rotatable bonds is 0. The van der Waals surface area contributed by atoms with Gasteiger partial charge in [0.1, 0.15) is 0 Å². The van der Waals surface area contributed by atoms with Crippen molar-refractivity contribution in [3.8, 4) is 0 Å². The van der Waals surface area contributed by atoms with Crippen LogP contribution in [0.3, 0.4) is 0 Å². The van der Waals surface area contributed by atoms with Crippen LogP contribution in [0.4, 0.5) is 0 Å². The molecule has 6 rings (SSSR count). The minimum Gasteiger partial charge on any atom is -0.254 e. The maximum Gasteiger partial charge on any atom is 0.0964 e. The molecule has 0 aliphatic carbocycles. The SMILES string of the molecule is [Ni].c1cnc2c(c1)ccc1cccnc12.c1cnc2c(c1)ccc1cccnc12. The first kappa shape index (κ1) is 18.9. The molecule has 0 atom stereocenters. The summed E-state index contributed by atoms with van der Waals surface area (Å²) in [5, 5.41) is 4.55. The first-order valence-corrected chi connectivity index (χ1v) is 9.07. The normalized spacial score (nSPS) is 10.5. The zero-order chi connectivity index (χ0) is 18.8. The Bertz CT molecular complexity index is 1210. The molecule has 0 bridgehead atoms. The number of hydrogen-bond acceptors (Lipinski definition) is 4. The van der Waals surface area contributed by atoms with E-state index in [1.165, 1.54) is 0 Å². The molecule has 4 heterocycles. The molecule has 6 aromatic rings. The molecule has 0 radical (unpaired) electrons. The summed E-state index contributed by atoms with van der Waals surface area (Å²) < 4.78 is 0. The Labute approximate surface area is 177 Å². The Kier molecular flexibility index (Phi) is 5.41. The van der Waals surface area contributed by atoms with Gasteiger partial charge in [0.15, 0.2) is 0 Å². The van der Waals surface area contributed by atoms with Gasteiger partial charge in [0.05, 0.1) is 22.1 Å². The number of nitrogens with zero attached hydrogens (tertiary/aromatic N) is 4. The molecule has 4 aromatic heterocycles. The van der Waals surface area contributed by atoms with Crippen molar-refractivity contribution in [1.82, 2.24) is 19.9 Å². The average Bonchev–Trinajstić information content (AvgIpc) is 2.79. The van der Waals surface area contributed by atoms with Crippen LogP contribution in [0.1, 0.15) is 0 Å². The number of hydrogen-bond donors (Lipinski definition) is 0. The van der Waals surface area contributed by atoms with E-state index in [2.05, 4.69) is 68.5 Å². The Morgan fingerprint density at radius 1 is 0.345 bits per heavy atom. The van der Waals surface area contributed by atoms with Crippen molar-refractivity contribution in [3.63, 3.8) is 0 Å². The predicted octanol–water partition coefficient (Wildman–Crippen LogP) is 5.56. The molecule has 0 N–H and O–H groups in total. The van der Waals surface area contributed by atoms with E-state index in [-0.39, 0.29) is 16.5 Å². The second-order valence-electron chi connectivity index (χ2n) is 6.43. The van der Waals surface area contributed by atoms with Crippen molar-refractivity contribution in [2.75, 3.05) is 0 Å². The average molecular weight is 419 g/mol. The van der Waals surface area contributed by atoms with Crippen molar-refractivity contribution in [2.45, 2.75) is 0 Å². The second kappa shape index (κ2) is 8.30. The summed E-state index contributed by atoms with van der Waals surface area (Å²) in [7, 11) is 0. The van der Waals surface area contributed by atoms with E-state index in [0.29, 0.717) is 0 Å². The molecule has 0 amide bonds. The minimum absolute atomic E-state index is 0. The molecule has 4 nitrogen and oxygen atoms in total. The van der Waals surface area contributed by atoms with Crippen LogP contribution >= 0.6 is 0 Å². The van der Waals surface area contributed by atoms with Gasteiger partial charge in [-0.2, -0.15) is 0 Å². The summed E-state index contributed by atoms with van der Waals surface area (Å²) in [6, 6.07) is 24.3. The monoisotopic (exact) mass is 418 g/mol. The summed E-state index contributed by atoms with van der Waals surface area (Å²) >= 11 is 0. The summed E-state index contributed by atoms with van der Waals surface area (Å²) in [6.07, 6.45) is 7.21. The molecule has 5 heteroatoms. The largest absolute Gasteiger partial charge is 0.254 e. The van der Waals surface area contributed by atoms with Crippen molar-refractivity contribution in [3.05, 3.63) is 97.6 Å². The van der Waals surface area contributed by atoms with Gasteiger partial charge in [-0.3, -0.25) is 19.9 Å². The van der Waals surface area contributed by atoms with Crippen LogP contribution in [0.2, 0.25) is 0 Å². The molecule has 0 saturated carbocycles. The van der Waals surface area contributed by atoms with Crippen LogP contribution in [0.15, 0.2) is 97.6 Å². The van der Waals surface area contributed by atoms with E-state index < -0.39 is 0 Å². The van der Waals surface area contributed by atoms with Crippen LogP contribution in [0.5, 0.6) is 0 Å². The van der Waals surface area contributed by atoms with Gasteiger partial charge in [-0.05, 0) is 24.3 Å². The maximum absolute atomic E-state index is 4.35. The molecule has 0 unspecified atom stereocenters. The number of pyridine rings is 4. The molecular weight excluding hydrogens is 403 g/mol. The molecule has 0 fully saturated rings. The molecule has 29 heavy (non-hydrogen) atoms. The first-order valence-electron chi connectivity index (χ1n) is 9.07. The fourth-order valence-electron chi connectivity index (χ4n) is 3.36. The van der Waals surface area contributed by atoms with E-state index >= 15 is 0 Å². The third-order valence-corrected chi connectivity index (χ3v) is 4.69. The summed E-state index contributed by atoms with van der Waals surface area (Å²) in [5.41, 5.74) is 3.91. The van der Waals surface area contributed by atoms with Crippen molar-refractivity contribution >= 4 is 43.6 Å². The number of benzene rings is 2. The van der Waals surface area contributed by atoms with Gasteiger partial charge in [-0.25, -0.2) is 0 Å². The van der Waals surface area contributed by atoms with Gasteiger partial charge in [0, 0.05) is 62.8 Å². The Balaban J connectivity index is 0.000000137. The van der Waals surface area contributed by atoms with Crippen LogP contribution in [0.25, 0.3) is 43.6 Å². The van der Waals surface area contributed by atoms with Crippen LogP contribution in [-0.4, -0.2) is 19.9 Å². The van der Waals surface area contributed by atoms with Crippen molar-refractivity contribution < 1.29 is 16.5 Å². The zero-order valence-corrected chi connectivity index (χ0v) is 16.3. The molecular formula is C24H16N4Ni. The van der Waals surface area contributed by atoms with Crippen molar-refractivity contribution in [1.29, 1.82) is 0 Å². The minimum atomic E-state index is 0. The Hall–Kier alpha value is -3.43. The zero-order valence-electron chi connectivity index (χ0n) is 15.3. The smallest absolute Gasteiger partial charge is 0.0964 e. The van der Waals surface area contributed by atoms with E-state index in [0.717, 1.165) is 43.6 Å². The third kappa shape index (κ3) is 3.65. The van der Waals surface area contributed by atoms with Crippen LogP contribution in [0, 0.1) is 0 Å². The predicted molar refractivity (Wildman–Crippen MR) is 114 cm³/mol. The topological polar surface area (TPSA) is 51.6 Å². The number of aromatic nitrogens is 4. The van der Waals surface area contributed by atoms with Crippen LogP contribution < -0.4 is 0 Å². The number of fused-ring (bicyclic) bond motifs is 6. The molecule has 0 aliphatic heterocycles. The van der Waals surface area contributed by atoms with Crippen molar-refractivity contribution in [2.24, 2.45) is 0 Å². The fourth-order valence-corrected chi connectivity index (χ4v) is 3.36. The molecule has 142 valence electrons. The van der Waals surface area contributed by atoms with E-state index in [9.17, 15) is 0 Å². The van der Waals surface area contributed by atoms with E-state index in [4.69, 9.17) is 0 Å². The Morgan fingerprint density at radius 3 is 0.828 bits per heavy atom. The van der Waals surface area contributed by atoms with Gasteiger partial charge < -0.3 is 0 Å². The van der Waals surface area contributed by atoms with Gasteiger partial charge in [-0.15, -0.1) is 0 Å². The Morgan fingerprint density at radius 2 is 0.586 bits per heavy atom. The molecule has 2 aromatic carbocycles. The fraction of sp³-hybridized carbons (Fsp3) is 0. The standard InChI is InChI=1S/2C12H8N2.Ni/c2*1-3-9-5-6-10-4-2-8-14-12(10)11(9)13-7-1;/h2*1-8H;. The van der Waals surface area contributed by atoms with Gasteiger partial charge >= 0.3 is 0 Å². The van der Waals surface area contributed by atoms with E-state index in [1.807, 2.05) is 24.3 Å². The molecule has 0 spiro atoms. The first-order chi connectivity index (χ1) is 13.9. The quantitative estimate of drug-likeness (QED) is 0.239. The van der Waals surface area contributed by atoms with Gasteiger partial charge in [-0.1, -0.05) is 48.5 Å². The molecule has 0 aliphatic rings. The molecule has 0 saturated heterocycles.